The Labute approximate surface area is 282 Å². The predicted molar refractivity (Wildman–Crippen MR) is 174 cm³/mol. The first-order chi connectivity index (χ1) is 22.9. The summed E-state index contributed by atoms with van der Waals surface area (Å²) in [7, 11) is 0. The SMILES string of the molecule is O=C(CCn1c(O)c(C(=CCCN2CCOCC2)c2cccc(-c3ccc(F)c(C(F)(F)F)c3)c2)sc1=S)Oc1ccc(C(=O)O)cc1. The molecule has 0 bridgehead atoms. The number of aromatic carboxylic acids is 1. The lowest BCUT2D eigenvalue weighted by molar-refractivity contribution is -0.140. The summed E-state index contributed by atoms with van der Waals surface area (Å²) in [5, 5.41) is 20.4. The third-order valence-electron chi connectivity index (χ3n) is 7.66. The van der Waals surface area contributed by atoms with E-state index in [9.17, 15) is 32.3 Å². The van der Waals surface area contributed by atoms with Crippen molar-refractivity contribution < 1.29 is 46.8 Å². The molecule has 0 radical (unpaired) electrons. The number of rotatable bonds is 11. The maximum absolute atomic E-state index is 14.0. The number of carboxylic acids is 1. The monoisotopic (exact) mass is 702 g/mol. The molecular weight excluding hydrogens is 673 g/mol. The number of halogens is 4. The standard InChI is InChI=1S/C34H30F4N2O6S2/c35-28-11-8-23(20-27(28)34(36,37)38)22-3-1-4-24(19-22)26(5-2-13-39-15-17-45-18-16-39)30-31(42)40(33(47)48-30)14-12-29(41)46-25-9-6-21(7-10-25)32(43)44/h1,3-11,19-20,42H,2,12-18H2,(H,43,44). The molecule has 1 fully saturated rings. The van der Waals surface area contributed by atoms with E-state index in [-0.39, 0.29) is 39.7 Å². The topological polar surface area (TPSA) is 101 Å². The van der Waals surface area contributed by atoms with Gasteiger partial charge in [-0.05, 0) is 77.8 Å². The Hall–Kier alpha value is -4.37. The number of alkyl halides is 3. The van der Waals surface area contributed by atoms with Crippen LogP contribution in [0.25, 0.3) is 16.7 Å². The zero-order valence-electron chi connectivity index (χ0n) is 25.3. The normalized spacial score (nSPS) is 14.2. The third-order valence-corrected chi connectivity index (χ3v) is 9.13. The second-order valence-electron chi connectivity index (χ2n) is 10.9. The molecule has 1 aromatic heterocycles. The Morgan fingerprint density at radius 1 is 0.979 bits per heavy atom. The zero-order valence-corrected chi connectivity index (χ0v) is 27.0. The van der Waals surface area contributed by atoms with Gasteiger partial charge >= 0.3 is 18.1 Å². The Kier molecular flexibility index (Phi) is 11.1. The fourth-order valence-corrected chi connectivity index (χ4v) is 6.57. The van der Waals surface area contributed by atoms with Crippen molar-refractivity contribution in [1.29, 1.82) is 0 Å². The molecule has 252 valence electrons. The van der Waals surface area contributed by atoms with E-state index in [0.29, 0.717) is 47.8 Å². The molecule has 0 atom stereocenters. The van der Waals surface area contributed by atoms with Gasteiger partial charge in [0.15, 0.2) is 3.95 Å². The van der Waals surface area contributed by atoms with Crippen molar-refractivity contribution in [2.75, 3.05) is 32.8 Å². The summed E-state index contributed by atoms with van der Waals surface area (Å²) >= 11 is 6.67. The summed E-state index contributed by atoms with van der Waals surface area (Å²) in [6.45, 7) is 3.47. The average molecular weight is 703 g/mol. The predicted octanol–water partition coefficient (Wildman–Crippen LogP) is 7.66. The van der Waals surface area contributed by atoms with Gasteiger partial charge in [-0.3, -0.25) is 14.3 Å². The lowest BCUT2D eigenvalue weighted by Crippen LogP contribution is -2.36. The molecule has 48 heavy (non-hydrogen) atoms. The highest BCUT2D eigenvalue weighted by Crippen LogP contribution is 2.39. The number of aromatic nitrogens is 1. The van der Waals surface area contributed by atoms with Crippen LogP contribution in [-0.4, -0.2) is 64.5 Å². The number of benzene rings is 3. The Bertz CT molecular complexity index is 1880. The van der Waals surface area contributed by atoms with Gasteiger partial charge in [0.1, 0.15) is 11.6 Å². The third kappa shape index (κ3) is 8.55. The maximum atomic E-state index is 14.0. The molecular formula is C34H30F4N2O6S2. The maximum Gasteiger partial charge on any atom is 0.419 e. The number of esters is 1. The number of morpholine rings is 1. The smallest absolute Gasteiger partial charge is 0.419 e. The second kappa shape index (κ2) is 15.2. The van der Waals surface area contributed by atoms with E-state index in [1.165, 1.54) is 34.9 Å². The molecule has 5 rings (SSSR count). The lowest BCUT2D eigenvalue weighted by atomic mass is 9.96. The quantitative estimate of drug-likeness (QED) is 0.0712. The Morgan fingerprint density at radius 2 is 1.69 bits per heavy atom. The van der Waals surface area contributed by atoms with Crippen molar-refractivity contribution in [2.45, 2.75) is 25.6 Å². The number of carbonyl (C=O) groups is 2. The number of thiazole rings is 1. The molecule has 3 aromatic carbocycles. The largest absolute Gasteiger partial charge is 0.493 e. The van der Waals surface area contributed by atoms with Crippen molar-refractivity contribution in [3.63, 3.8) is 0 Å². The van der Waals surface area contributed by atoms with E-state index in [0.717, 1.165) is 36.6 Å². The molecule has 2 heterocycles. The highest BCUT2D eigenvalue weighted by Gasteiger charge is 2.34. The van der Waals surface area contributed by atoms with E-state index in [4.69, 9.17) is 26.8 Å². The molecule has 0 spiro atoms. The van der Waals surface area contributed by atoms with Gasteiger partial charge in [-0.2, -0.15) is 13.2 Å². The summed E-state index contributed by atoms with van der Waals surface area (Å²) < 4.78 is 66.8. The molecule has 4 aromatic rings. The molecule has 1 saturated heterocycles. The van der Waals surface area contributed by atoms with Crippen LogP contribution in [0.5, 0.6) is 11.6 Å². The second-order valence-corrected chi connectivity index (χ2v) is 12.5. The van der Waals surface area contributed by atoms with Gasteiger partial charge in [-0.25, -0.2) is 9.18 Å². The van der Waals surface area contributed by atoms with E-state index in [2.05, 4.69) is 4.90 Å². The molecule has 1 aliphatic rings. The number of ether oxygens (including phenoxy) is 2. The van der Waals surface area contributed by atoms with Gasteiger partial charge in [0.2, 0.25) is 5.88 Å². The van der Waals surface area contributed by atoms with E-state index >= 15 is 0 Å². The summed E-state index contributed by atoms with van der Waals surface area (Å²) in [5.41, 5.74) is 0.449. The minimum atomic E-state index is -4.87. The van der Waals surface area contributed by atoms with Gasteiger partial charge in [0.25, 0.3) is 0 Å². The van der Waals surface area contributed by atoms with Crippen molar-refractivity contribution in [2.24, 2.45) is 0 Å². The minimum Gasteiger partial charge on any atom is -0.493 e. The van der Waals surface area contributed by atoms with E-state index in [1.807, 2.05) is 6.08 Å². The van der Waals surface area contributed by atoms with Gasteiger partial charge < -0.3 is 19.7 Å². The first-order valence-corrected chi connectivity index (χ1v) is 16.1. The Balaban J connectivity index is 1.42. The number of hydrogen-bond donors (Lipinski definition) is 2. The molecule has 0 aliphatic carbocycles. The number of hydrogen-bond acceptors (Lipinski definition) is 8. The number of carbonyl (C=O) groups excluding carboxylic acids is 1. The van der Waals surface area contributed by atoms with Crippen LogP contribution >= 0.6 is 23.6 Å². The highest BCUT2D eigenvalue weighted by atomic mass is 32.1. The number of nitrogens with zero attached hydrogens (tertiary/aromatic N) is 2. The molecule has 0 amide bonds. The molecule has 14 heteroatoms. The molecule has 8 nitrogen and oxygen atoms in total. The minimum absolute atomic E-state index is 0.00982. The fourth-order valence-electron chi connectivity index (χ4n) is 5.17. The molecule has 0 saturated carbocycles. The van der Waals surface area contributed by atoms with Crippen LogP contribution in [0.3, 0.4) is 0 Å². The van der Waals surface area contributed by atoms with Gasteiger partial charge in [0.05, 0.1) is 35.6 Å². The Morgan fingerprint density at radius 3 is 2.38 bits per heavy atom. The van der Waals surface area contributed by atoms with Crippen LogP contribution in [0.1, 0.15) is 39.2 Å². The number of aromatic hydroxyl groups is 1. The zero-order chi connectivity index (χ0) is 34.4. The van der Waals surface area contributed by atoms with Crippen LogP contribution in [0.2, 0.25) is 0 Å². The van der Waals surface area contributed by atoms with Crippen LogP contribution in [0.15, 0.2) is 72.8 Å². The highest BCUT2D eigenvalue weighted by molar-refractivity contribution is 7.73. The van der Waals surface area contributed by atoms with Crippen molar-refractivity contribution in [3.05, 3.63) is 104 Å². The van der Waals surface area contributed by atoms with Crippen LogP contribution < -0.4 is 4.74 Å². The van der Waals surface area contributed by atoms with Crippen LogP contribution in [-0.2, 0) is 22.3 Å². The first-order valence-electron chi connectivity index (χ1n) is 14.9. The first kappa shape index (κ1) is 35.0. The van der Waals surface area contributed by atoms with Gasteiger partial charge in [0, 0.05) is 31.8 Å². The van der Waals surface area contributed by atoms with Crippen LogP contribution in [0.4, 0.5) is 17.6 Å². The number of carboxylic acid groups (broad SMARTS) is 1. The fraction of sp³-hybridized carbons (Fsp3) is 0.265. The summed E-state index contributed by atoms with van der Waals surface area (Å²) in [6, 6.07) is 14.9. The van der Waals surface area contributed by atoms with Crippen molar-refractivity contribution in [3.8, 4) is 22.8 Å². The lowest BCUT2D eigenvalue weighted by Gasteiger charge is -2.26. The van der Waals surface area contributed by atoms with E-state index < -0.39 is 29.5 Å². The van der Waals surface area contributed by atoms with E-state index in [1.54, 1.807) is 24.3 Å². The molecule has 2 N–H and O–H groups in total. The molecule has 0 unspecified atom stereocenters. The summed E-state index contributed by atoms with van der Waals surface area (Å²) in [6.07, 6.45) is -2.52. The summed E-state index contributed by atoms with van der Waals surface area (Å²) in [4.78, 5) is 26.3. The average Bonchev–Trinajstić information content (AvgIpc) is 3.34. The molecule has 1 aliphatic heterocycles. The van der Waals surface area contributed by atoms with Crippen molar-refractivity contribution >= 4 is 41.1 Å². The summed E-state index contributed by atoms with van der Waals surface area (Å²) in [5.74, 6) is -3.13. The van der Waals surface area contributed by atoms with Crippen LogP contribution in [0, 0.1) is 9.77 Å². The van der Waals surface area contributed by atoms with Gasteiger partial charge in [-0.15, -0.1) is 11.3 Å². The van der Waals surface area contributed by atoms with Crippen molar-refractivity contribution in [1.82, 2.24) is 9.47 Å². The van der Waals surface area contributed by atoms with Gasteiger partial charge in [-0.1, -0.05) is 30.3 Å².